The Morgan fingerprint density at radius 2 is 1.40 bits per heavy atom. The Balaban J connectivity index is 1.41. The Morgan fingerprint density at radius 3 is 2.00 bits per heavy atom. The highest BCUT2D eigenvalue weighted by Crippen LogP contribution is 2.28. The minimum atomic E-state index is -0.878. The van der Waals surface area contributed by atoms with Gasteiger partial charge in [0, 0.05) is 19.0 Å². The van der Waals surface area contributed by atoms with Crippen LogP contribution in [0.2, 0.25) is 0 Å². The summed E-state index contributed by atoms with van der Waals surface area (Å²) in [6, 6.07) is 2.39. The van der Waals surface area contributed by atoms with Crippen molar-refractivity contribution in [3.8, 4) is 0 Å². The minimum absolute atomic E-state index is 0.117. The number of nitro benzene ring substituents is 1. The summed E-state index contributed by atoms with van der Waals surface area (Å²) in [5, 5.41) is 44.7. The number of carbonyl (C=O) groups is 1. The fourth-order valence-corrected chi connectivity index (χ4v) is 5.83. The number of rotatable bonds is 30. The summed E-state index contributed by atoms with van der Waals surface area (Å²) in [4.78, 5) is 23.0. The molecule has 1 amide bonds. The number of aliphatic hydroxyl groups excluding tert-OH is 2. The molecule has 11 nitrogen and oxygen atoms in total. The summed E-state index contributed by atoms with van der Waals surface area (Å²) in [6.07, 6.45) is 28.1. The number of nitro groups is 1. The van der Waals surface area contributed by atoms with Crippen LogP contribution in [-0.4, -0.2) is 56.7 Å². The van der Waals surface area contributed by atoms with Crippen molar-refractivity contribution in [2.24, 2.45) is 0 Å². The van der Waals surface area contributed by atoms with E-state index in [1.165, 1.54) is 70.3 Å². The van der Waals surface area contributed by atoms with Crippen LogP contribution in [0.15, 0.2) is 28.9 Å². The van der Waals surface area contributed by atoms with Crippen LogP contribution in [-0.2, 0) is 4.79 Å². The molecule has 0 aliphatic carbocycles. The molecule has 1 aromatic heterocycles. The predicted molar refractivity (Wildman–Crippen MR) is 188 cm³/mol. The Labute approximate surface area is 281 Å². The number of aliphatic hydroxyl groups is 2. The molecule has 4 N–H and O–H groups in total. The Morgan fingerprint density at radius 1 is 0.851 bits per heavy atom. The van der Waals surface area contributed by atoms with Crippen molar-refractivity contribution < 1.29 is 24.6 Å². The molecule has 2 rings (SSSR count). The lowest BCUT2D eigenvalue weighted by atomic mass is 10.0. The first kappa shape index (κ1) is 40.1. The molecule has 0 aliphatic heterocycles. The molecule has 1 heterocycles. The van der Waals surface area contributed by atoms with Gasteiger partial charge in [0.15, 0.2) is 5.52 Å². The molecular weight excluding hydrogens is 598 g/mol. The molecule has 266 valence electrons. The average Bonchev–Trinajstić information content (AvgIpc) is 3.56. The second kappa shape index (κ2) is 26.0. The minimum Gasteiger partial charge on any atom is -0.394 e. The standard InChI is InChI=1S/C36H61N5O6/c1-2-3-4-5-6-7-8-9-10-12-15-18-21-24-33(43)31(29-42)38-34(44)25-22-19-16-13-11-14-17-20-23-28-37-30-26-27-32(41(45)46)36-35(30)39-47-40-36/h21,24,26-27,31,33,37,42-43H,2-20,22-23,25,28-29H2,1H3,(H,38,44)/b24-21+/t31-,33+/m1/s1. The molecule has 47 heavy (non-hydrogen) atoms. The molecule has 0 saturated carbocycles. The highest BCUT2D eigenvalue weighted by molar-refractivity contribution is 5.93. The van der Waals surface area contributed by atoms with Gasteiger partial charge in [0.1, 0.15) is 0 Å². The Kier molecular flexibility index (Phi) is 22.2. The van der Waals surface area contributed by atoms with Gasteiger partial charge in [0.05, 0.1) is 29.4 Å². The first-order valence-corrected chi connectivity index (χ1v) is 18.4. The van der Waals surface area contributed by atoms with Gasteiger partial charge in [0.2, 0.25) is 11.4 Å². The Hall–Kier alpha value is -3.05. The summed E-state index contributed by atoms with van der Waals surface area (Å²) < 4.78 is 4.70. The fraction of sp³-hybridized carbons (Fsp3) is 0.750. The van der Waals surface area contributed by atoms with Crippen LogP contribution in [0.25, 0.3) is 11.0 Å². The molecular formula is C36H61N5O6. The molecule has 0 unspecified atom stereocenters. The van der Waals surface area contributed by atoms with E-state index in [0.29, 0.717) is 17.6 Å². The van der Waals surface area contributed by atoms with E-state index in [-0.39, 0.29) is 23.7 Å². The number of amides is 1. The quantitative estimate of drug-likeness (QED) is 0.0278. The molecule has 0 aliphatic rings. The molecule has 0 saturated heterocycles. The fourth-order valence-electron chi connectivity index (χ4n) is 5.83. The zero-order valence-corrected chi connectivity index (χ0v) is 28.8. The molecule has 2 aromatic rings. The van der Waals surface area contributed by atoms with Crippen LogP contribution < -0.4 is 10.6 Å². The van der Waals surface area contributed by atoms with E-state index in [2.05, 4.69) is 27.9 Å². The maximum Gasteiger partial charge on any atom is 0.300 e. The van der Waals surface area contributed by atoms with E-state index in [4.69, 9.17) is 4.63 Å². The highest BCUT2D eigenvalue weighted by atomic mass is 16.6. The number of nitrogens with zero attached hydrogens (tertiary/aromatic N) is 3. The highest BCUT2D eigenvalue weighted by Gasteiger charge is 2.19. The van der Waals surface area contributed by atoms with Crippen molar-refractivity contribution in [3.63, 3.8) is 0 Å². The number of nitrogens with one attached hydrogen (secondary N) is 2. The van der Waals surface area contributed by atoms with Gasteiger partial charge in [-0.2, -0.15) is 0 Å². The first-order chi connectivity index (χ1) is 23.0. The van der Waals surface area contributed by atoms with Crippen molar-refractivity contribution in [2.75, 3.05) is 18.5 Å². The van der Waals surface area contributed by atoms with Gasteiger partial charge < -0.3 is 20.8 Å². The van der Waals surface area contributed by atoms with E-state index < -0.39 is 17.1 Å². The van der Waals surface area contributed by atoms with Crippen LogP contribution in [0.1, 0.15) is 148 Å². The number of hydrogen-bond donors (Lipinski definition) is 4. The lowest BCUT2D eigenvalue weighted by Crippen LogP contribution is -2.45. The third-order valence-corrected chi connectivity index (χ3v) is 8.75. The van der Waals surface area contributed by atoms with Crippen LogP contribution in [0, 0.1) is 10.1 Å². The van der Waals surface area contributed by atoms with Gasteiger partial charge in [-0.3, -0.25) is 14.9 Å². The molecule has 0 fully saturated rings. The lowest BCUT2D eigenvalue weighted by molar-refractivity contribution is -0.383. The molecule has 1 aromatic carbocycles. The van der Waals surface area contributed by atoms with E-state index in [0.717, 1.165) is 77.2 Å². The van der Waals surface area contributed by atoms with Crippen molar-refractivity contribution >= 4 is 28.3 Å². The molecule has 0 bridgehead atoms. The van der Waals surface area contributed by atoms with Gasteiger partial charge in [-0.25, -0.2) is 4.63 Å². The average molecular weight is 660 g/mol. The monoisotopic (exact) mass is 659 g/mol. The van der Waals surface area contributed by atoms with E-state index in [1.807, 2.05) is 6.08 Å². The van der Waals surface area contributed by atoms with E-state index in [9.17, 15) is 25.1 Å². The second-order valence-corrected chi connectivity index (χ2v) is 12.8. The van der Waals surface area contributed by atoms with Gasteiger partial charge in [-0.1, -0.05) is 128 Å². The summed E-state index contributed by atoms with van der Waals surface area (Å²) in [7, 11) is 0. The van der Waals surface area contributed by atoms with E-state index >= 15 is 0 Å². The normalized spacial score (nSPS) is 12.9. The second-order valence-electron chi connectivity index (χ2n) is 12.8. The first-order valence-electron chi connectivity index (χ1n) is 18.4. The third-order valence-electron chi connectivity index (χ3n) is 8.75. The van der Waals surface area contributed by atoms with Crippen LogP contribution in [0.3, 0.4) is 0 Å². The summed E-state index contributed by atoms with van der Waals surface area (Å²) in [5.74, 6) is -0.121. The van der Waals surface area contributed by atoms with Crippen LogP contribution >= 0.6 is 0 Å². The van der Waals surface area contributed by atoms with Crippen molar-refractivity contribution in [2.45, 2.75) is 160 Å². The summed E-state index contributed by atoms with van der Waals surface area (Å²) in [5.41, 5.74) is 1.10. The van der Waals surface area contributed by atoms with Gasteiger partial charge >= 0.3 is 5.69 Å². The molecule has 11 heteroatoms. The van der Waals surface area contributed by atoms with Gasteiger partial charge in [0.25, 0.3) is 0 Å². The predicted octanol–water partition coefficient (Wildman–Crippen LogP) is 8.54. The molecule has 0 radical (unpaired) electrons. The number of allylic oxidation sites excluding steroid dienone is 1. The van der Waals surface area contributed by atoms with Crippen molar-refractivity contribution in [1.82, 2.24) is 15.6 Å². The van der Waals surface area contributed by atoms with Crippen LogP contribution in [0.4, 0.5) is 11.4 Å². The number of unbranched alkanes of at least 4 members (excludes halogenated alkanes) is 19. The van der Waals surface area contributed by atoms with E-state index in [1.54, 1.807) is 12.1 Å². The maximum absolute atomic E-state index is 12.3. The number of non-ortho nitro benzene ring substituents is 1. The van der Waals surface area contributed by atoms with Crippen molar-refractivity contribution in [1.29, 1.82) is 0 Å². The third kappa shape index (κ3) is 17.6. The smallest absolute Gasteiger partial charge is 0.300 e. The number of hydrogen-bond acceptors (Lipinski definition) is 9. The number of carbonyl (C=O) groups excluding carboxylic acids is 1. The van der Waals surface area contributed by atoms with Gasteiger partial charge in [-0.05, 0) is 42.1 Å². The molecule has 2 atom stereocenters. The summed E-state index contributed by atoms with van der Waals surface area (Å²) in [6.45, 7) is 2.71. The Bertz CT molecular complexity index is 1140. The lowest BCUT2D eigenvalue weighted by Gasteiger charge is -2.20. The summed E-state index contributed by atoms with van der Waals surface area (Å²) >= 11 is 0. The topological polar surface area (TPSA) is 164 Å². The number of benzene rings is 1. The SMILES string of the molecule is CCCCCCCCCCCCC/C=C/[C@H](O)[C@@H](CO)NC(=O)CCCCCCCCCCCNc1ccc([N+](=O)[O-])c2nonc12. The zero-order valence-electron chi connectivity index (χ0n) is 28.8. The van der Waals surface area contributed by atoms with Crippen LogP contribution in [0.5, 0.6) is 0 Å². The molecule has 0 spiro atoms. The number of fused-ring (bicyclic) bond motifs is 1. The number of anilines is 1. The zero-order chi connectivity index (χ0) is 34.0. The number of aromatic nitrogens is 2. The maximum atomic E-state index is 12.3. The van der Waals surface area contributed by atoms with Gasteiger partial charge in [-0.15, -0.1) is 0 Å². The largest absolute Gasteiger partial charge is 0.394 e. The van der Waals surface area contributed by atoms with Crippen molar-refractivity contribution in [3.05, 3.63) is 34.4 Å².